The van der Waals surface area contributed by atoms with Gasteiger partial charge in [-0.2, -0.15) is 0 Å². The Morgan fingerprint density at radius 1 is 1.15 bits per heavy atom. The molecule has 0 nitrogen and oxygen atoms in total. The molecule has 0 bridgehead atoms. The SMILES string of the molecule is C=C(CC)c1cc(CCc2c(C)cc(F)cc2C)cs1. The molecule has 0 saturated heterocycles. The van der Waals surface area contributed by atoms with Crippen molar-refractivity contribution in [3.8, 4) is 0 Å². The minimum atomic E-state index is -0.138. The van der Waals surface area contributed by atoms with Gasteiger partial charge < -0.3 is 0 Å². The zero-order valence-electron chi connectivity index (χ0n) is 12.4. The molecule has 0 aliphatic heterocycles. The summed E-state index contributed by atoms with van der Waals surface area (Å²) >= 11 is 1.77. The second-order valence-corrected chi connectivity index (χ2v) is 6.21. The number of hydrogen-bond acceptors (Lipinski definition) is 1. The van der Waals surface area contributed by atoms with Crippen LogP contribution in [0.25, 0.3) is 5.57 Å². The van der Waals surface area contributed by atoms with Gasteiger partial charge in [-0.15, -0.1) is 11.3 Å². The Morgan fingerprint density at radius 3 is 2.40 bits per heavy atom. The highest BCUT2D eigenvalue weighted by molar-refractivity contribution is 7.11. The molecule has 0 fully saturated rings. The van der Waals surface area contributed by atoms with Gasteiger partial charge in [-0.05, 0) is 84.5 Å². The molecular formula is C18H21FS. The first-order valence-electron chi connectivity index (χ1n) is 7.02. The molecule has 1 heterocycles. The van der Waals surface area contributed by atoms with Crippen molar-refractivity contribution in [2.24, 2.45) is 0 Å². The number of rotatable bonds is 5. The van der Waals surface area contributed by atoms with Gasteiger partial charge in [-0.3, -0.25) is 0 Å². The standard InChI is InChI=1S/C18H21FS/c1-5-12(2)18-10-15(11-20-18)6-7-17-13(3)8-16(19)9-14(17)4/h8-11H,2,5-7H2,1,3-4H3. The Hall–Kier alpha value is -1.41. The summed E-state index contributed by atoms with van der Waals surface area (Å²) in [5.41, 5.74) is 5.93. The molecule has 0 saturated carbocycles. The minimum absolute atomic E-state index is 0.138. The van der Waals surface area contributed by atoms with Gasteiger partial charge in [-0.25, -0.2) is 4.39 Å². The molecule has 0 atom stereocenters. The predicted octanol–water partition coefficient (Wildman–Crippen LogP) is 5.71. The van der Waals surface area contributed by atoms with Gasteiger partial charge in [0.05, 0.1) is 0 Å². The first-order chi connectivity index (χ1) is 9.51. The summed E-state index contributed by atoms with van der Waals surface area (Å²) in [7, 11) is 0. The zero-order valence-corrected chi connectivity index (χ0v) is 13.2. The van der Waals surface area contributed by atoms with Gasteiger partial charge in [0.15, 0.2) is 0 Å². The number of aryl methyl sites for hydroxylation is 3. The summed E-state index contributed by atoms with van der Waals surface area (Å²) < 4.78 is 13.3. The molecule has 1 aromatic heterocycles. The van der Waals surface area contributed by atoms with E-state index >= 15 is 0 Å². The monoisotopic (exact) mass is 288 g/mol. The van der Waals surface area contributed by atoms with Crippen molar-refractivity contribution in [3.05, 3.63) is 63.1 Å². The molecule has 20 heavy (non-hydrogen) atoms. The van der Waals surface area contributed by atoms with Gasteiger partial charge in [0, 0.05) is 4.88 Å². The topological polar surface area (TPSA) is 0 Å². The van der Waals surface area contributed by atoms with Crippen LogP contribution in [0.2, 0.25) is 0 Å². The van der Waals surface area contributed by atoms with Gasteiger partial charge >= 0.3 is 0 Å². The van der Waals surface area contributed by atoms with E-state index in [1.54, 1.807) is 23.5 Å². The van der Waals surface area contributed by atoms with Crippen LogP contribution < -0.4 is 0 Å². The number of hydrogen-bond donors (Lipinski definition) is 0. The molecule has 0 unspecified atom stereocenters. The maximum Gasteiger partial charge on any atom is 0.123 e. The molecule has 0 amide bonds. The smallest absolute Gasteiger partial charge is 0.123 e. The van der Waals surface area contributed by atoms with E-state index in [4.69, 9.17) is 0 Å². The predicted molar refractivity (Wildman–Crippen MR) is 86.9 cm³/mol. The first kappa shape index (κ1) is 15.0. The molecule has 0 N–H and O–H groups in total. The molecular weight excluding hydrogens is 267 g/mol. The van der Waals surface area contributed by atoms with Crippen molar-refractivity contribution in [1.82, 2.24) is 0 Å². The van der Waals surface area contributed by atoms with Crippen LogP contribution in [-0.4, -0.2) is 0 Å². The highest BCUT2D eigenvalue weighted by Gasteiger charge is 2.07. The Labute approximate surface area is 125 Å². The molecule has 2 rings (SSSR count). The normalized spacial score (nSPS) is 10.8. The van der Waals surface area contributed by atoms with Gasteiger partial charge in [0.1, 0.15) is 5.82 Å². The van der Waals surface area contributed by atoms with Crippen molar-refractivity contribution >= 4 is 16.9 Å². The Kier molecular flexibility index (Phi) is 4.77. The lowest BCUT2D eigenvalue weighted by atomic mass is 9.97. The van der Waals surface area contributed by atoms with Crippen LogP contribution in [0, 0.1) is 19.7 Å². The summed E-state index contributed by atoms with van der Waals surface area (Å²) in [5, 5.41) is 2.21. The van der Waals surface area contributed by atoms with E-state index < -0.39 is 0 Å². The van der Waals surface area contributed by atoms with E-state index in [1.807, 2.05) is 13.8 Å². The van der Waals surface area contributed by atoms with Crippen LogP contribution in [0.3, 0.4) is 0 Å². The van der Waals surface area contributed by atoms with Crippen LogP contribution >= 0.6 is 11.3 Å². The van der Waals surface area contributed by atoms with Crippen molar-refractivity contribution in [1.29, 1.82) is 0 Å². The highest BCUT2D eigenvalue weighted by atomic mass is 32.1. The average molecular weight is 288 g/mol. The van der Waals surface area contributed by atoms with Crippen LogP contribution in [-0.2, 0) is 12.8 Å². The van der Waals surface area contributed by atoms with Crippen molar-refractivity contribution < 1.29 is 4.39 Å². The molecule has 2 heteroatoms. The third kappa shape index (κ3) is 3.37. The summed E-state index contributed by atoms with van der Waals surface area (Å²) in [5.74, 6) is -0.138. The van der Waals surface area contributed by atoms with Crippen LogP contribution in [0.4, 0.5) is 4.39 Å². The molecule has 0 aliphatic carbocycles. The second kappa shape index (κ2) is 6.36. The Morgan fingerprint density at radius 2 is 1.80 bits per heavy atom. The zero-order chi connectivity index (χ0) is 14.7. The fourth-order valence-corrected chi connectivity index (χ4v) is 3.47. The summed E-state index contributed by atoms with van der Waals surface area (Å²) in [6.07, 6.45) is 2.96. The summed E-state index contributed by atoms with van der Waals surface area (Å²) in [6, 6.07) is 5.49. The summed E-state index contributed by atoms with van der Waals surface area (Å²) in [4.78, 5) is 1.29. The van der Waals surface area contributed by atoms with E-state index in [0.717, 1.165) is 30.4 Å². The van der Waals surface area contributed by atoms with Crippen LogP contribution in [0.1, 0.15) is 40.5 Å². The molecule has 0 radical (unpaired) electrons. The van der Waals surface area contributed by atoms with Crippen molar-refractivity contribution in [2.75, 3.05) is 0 Å². The lowest BCUT2D eigenvalue weighted by molar-refractivity contribution is 0.624. The highest BCUT2D eigenvalue weighted by Crippen LogP contribution is 2.25. The van der Waals surface area contributed by atoms with E-state index in [2.05, 4.69) is 24.9 Å². The number of halogens is 1. The maximum absolute atomic E-state index is 13.3. The minimum Gasteiger partial charge on any atom is -0.207 e. The molecule has 0 aliphatic rings. The lowest BCUT2D eigenvalue weighted by Crippen LogP contribution is -1.98. The van der Waals surface area contributed by atoms with Crippen LogP contribution in [0.15, 0.2) is 30.2 Å². The molecule has 0 spiro atoms. The number of allylic oxidation sites excluding steroid dienone is 1. The number of thiophene rings is 1. The third-order valence-electron chi connectivity index (χ3n) is 3.75. The van der Waals surface area contributed by atoms with Crippen molar-refractivity contribution in [3.63, 3.8) is 0 Å². The van der Waals surface area contributed by atoms with Gasteiger partial charge in [-0.1, -0.05) is 13.5 Å². The van der Waals surface area contributed by atoms with Gasteiger partial charge in [0.25, 0.3) is 0 Å². The van der Waals surface area contributed by atoms with E-state index in [1.165, 1.54) is 21.6 Å². The fourth-order valence-electron chi connectivity index (χ4n) is 2.47. The van der Waals surface area contributed by atoms with E-state index in [0.29, 0.717) is 0 Å². The average Bonchev–Trinajstić information content (AvgIpc) is 2.85. The van der Waals surface area contributed by atoms with Crippen molar-refractivity contribution in [2.45, 2.75) is 40.0 Å². The quantitative estimate of drug-likeness (QED) is 0.661. The Bertz CT molecular complexity index is 599. The van der Waals surface area contributed by atoms with E-state index in [9.17, 15) is 4.39 Å². The van der Waals surface area contributed by atoms with E-state index in [-0.39, 0.29) is 5.82 Å². The first-order valence-corrected chi connectivity index (χ1v) is 7.90. The molecule has 2 aromatic rings. The lowest BCUT2D eigenvalue weighted by Gasteiger charge is -2.09. The third-order valence-corrected chi connectivity index (χ3v) is 4.83. The molecule has 106 valence electrons. The largest absolute Gasteiger partial charge is 0.207 e. The van der Waals surface area contributed by atoms with Gasteiger partial charge in [0.2, 0.25) is 0 Å². The Balaban J connectivity index is 2.09. The second-order valence-electron chi connectivity index (χ2n) is 5.29. The number of benzene rings is 1. The van der Waals surface area contributed by atoms with Crippen LogP contribution in [0.5, 0.6) is 0 Å². The summed E-state index contributed by atoms with van der Waals surface area (Å²) in [6.45, 7) is 10.2. The fraction of sp³-hybridized carbons (Fsp3) is 0.333. The maximum atomic E-state index is 13.3. The molecule has 1 aromatic carbocycles.